The second-order valence-electron chi connectivity index (χ2n) is 4.49. The van der Waals surface area contributed by atoms with Crippen molar-refractivity contribution in [1.29, 1.82) is 0 Å². The molecule has 0 saturated carbocycles. The van der Waals surface area contributed by atoms with Gasteiger partial charge in [-0.3, -0.25) is 10.1 Å². The van der Waals surface area contributed by atoms with Gasteiger partial charge in [-0.1, -0.05) is 0 Å². The number of fused-ring (bicyclic) bond motifs is 1. The lowest BCUT2D eigenvalue weighted by molar-refractivity contribution is -0.383. The first-order valence-corrected chi connectivity index (χ1v) is 7.68. The molecule has 1 unspecified atom stereocenters. The van der Waals surface area contributed by atoms with E-state index in [9.17, 15) is 18.5 Å². The average Bonchev–Trinajstić information content (AvgIpc) is 2.75. The molecule has 0 spiro atoms. The van der Waals surface area contributed by atoms with Crippen molar-refractivity contribution in [2.45, 2.75) is 13.0 Å². The second-order valence-corrected chi connectivity index (χ2v) is 6.67. The molecular formula is C10H12N4O5S. The normalized spacial score (nSPS) is 13.3. The van der Waals surface area contributed by atoms with Gasteiger partial charge in [0.1, 0.15) is 9.84 Å². The molecule has 1 N–H and O–H groups in total. The maximum atomic E-state index is 11.2. The number of benzene rings is 1. The maximum Gasteiger partial charge on any atom is 0.300 e. The smallest absolute Gasteiger partial charge is 0.300 e. The first kappa shape index (κ1) is 14.2. The van der Waals surface area contributed by atoms with Crippen molar-refractivity contribution < 1.29 is 18.0 Å². The van der Waals surface area contributed by atoms with E-state index in [1.807, 2.05) is 0 Å². The molecule has 1 aromatic carbocycles. The zero-order valence-electron chi connectivity index (χ0n) is 10.7. The van der Waals surface area contributed by atoms with Gasteiger partial charge in [-0.25, -0.2) is 13.0 Å². The van der Waals surface area contributed by atoms with Crippen molar-refractivity contribution >= 4 is 32.2 Å². The van der Waals surface area contributed by atoms with Crippen molar-refractivity contribution in [2.75, 3.05) is 17.3 Å². The summed E-state index contributed by atoms with van der Waals surface area (Å²) in [4.78, 5) is 10.2. The minimum atomic E-state index is -3.14. The van der Waals surface area contributed by atoms with Crippen LogP contribution < -0.4 is 5.32 Å². The fraction of sp³-hybridized carbons (Fsp3) is 0.400. The summed E-state index contributed by atoms with van der Waals surface area (Å²) in [5, 5.41) is 20.9. The van der Waals surface area contributed by atoms with Gasteiger partial charge in [0, 0.05) is 18.4 Å². The number of nitrogens with one attached hydrogen (secondary N) is 1. The molecule has 2 aromatic rings. The number of non-ortho nitro benzene ring substituents is 1. The summed E-state index contributed by atoms with van der Waals surface area (Å²) in [5.41, 5.74) is 0.427. The first-order valence-electron chi connectivity index (χ1n) is 5.62. The third-order valence-corrected chi connectivity index (χ3v) is 3.65. The molecule has 0 bridgehead atoms. The van der Waals surface area contributed by atoms with E-state index in [4.69, 9.17) is 0 Å². The van der Waals surface area contributed by atoms with Gasteiger partial charge in [0.15, 0.2) is 5.52 Å². The quantitative estimate of drug-likeness (QED) is 0.639. The molecule has 0 aliphatic rings. The molecule has 1 heterocycles. The third-order valence-electron chi connectivity index (χ3n) is 2.55. The van der Waals surface area contributed by atoms with E-state index in [1.54, 1.807) is 6.92 Å². The monoisotopic (exact) mass is 300 g/mol. The summed E-state index contributed by atoms with van der Waals surface area (Å²) < 4.78 is 26.9. The predicted octanol–water partition coefficient (Wildman–Crippen LogP) is 0.976. The predicted molar refractivity (Wildman–Crippen MR) is 71.3 cm³/mol. The highest BCUT2D eigenvalue weighted by Gasteiger charge is 2.20. The number of aromatic nitrogens is 2. The maximum absolute atomic E-state index is 11.2. The first-order chi connectivity index (χ1) is 9.28. The molecular weight excluding hydrogens is 288 g/mol. The number of rotatable bonds is 5. The summed E-state index contributed by atoms with van der Waals surface area (Å²) in [5.74, 6) is -0.0727. The van der Waals surface area contributed by atoms with Crippen LogP contribution in [0.15, 0.2) is 16.8 Å². The molecule has 0 amide bonds. The number of hydrogen-bond donors (Lipinski definition) is 1. The van der Waals surface area contributed by atoms with Gasteiger partial charge in [0.25, 0.3) is 0 Å². The molecule has 2 rings (SSSR count). The number of nitro benzene ring substituents is 1. The van der Waals surface area contributed by atoms with Gasteiger partial charge >= 0.3 is 5.69 Å². The Morgan fingerprint density at radius 2 is 2.05 bits per heavy atom. The van der Waals surface area contributed by atoms with Crippen molar-refractivity contribution in [2.24, 2.45) is 0 Å². The Kier molecular flexibility index (Phi) is 3.57. The van der Waals surface area contributed by atoms with E-state index >= 15 is 0 Å². The molecule has 0 aliphatic carbocycles. The van der Waals surface area contributed by atoms with Crippen LogP contribution in [0.1, 0.15) is 6.92 Å². The van der Waals surface area contributed by atoms with E-state index in [0.717, 1.165) is 6.26 Å². The van der Waals surface area contributed by atoms with Crippen LogP contribution in [0, 0.1) is 10.1 Å². The van der Waals surface area contributed by atoms with Gasteiger partial charge in [0.2, 0.25) is 5.52 Å². The van der Waals surface area contributed by atoms with E-state index < -0.39 is 14.8 Å². The Morgan fingerprint density at radius 1 is 1.40 bits per heavy atom. The van der Waals surface area contributed by atoms with Crippen molar-refractivity contribution in [3.8, 4) is 0 Å². The summed E-state index contributed by atoms with van der Waals surface area (Å²) in [6, 6.07) is 2.33. The van der Waals surface area contributed by atoms with Gasteiger partial charge in [-0.05, 0) is 23.3 Å². The fourth-order valence-corrected chi connectivity index (χ4v) is 2.87. The van der Waals surface area contributed by atoms with E-state index in [0.29, 0.717) is 5.69 Å². The standard InChI is InChI=1S/C10H12N4O5S/c1-6(5-20(2,17)18)11-7-3-4-8(14(15)16)10-9(7)12-19-13-10/h3-4,6,11H,5H2,1-2H3. The van der Waals surface area contributed by atoms with Crippen LogP contribution in [0.5, 0.6) is 0 Å². The second kappa shape index (κ2) is 5.04. The molecule has 0 aliphatic heterocycles. The highest BCUT2D eigenvalue weighted by atomic mass is 32.2. The fourth-order valence-electron chi connectivity index (χ4n) is 1.88. The summed E-state index contributed by atoms with van der Waals surface area (Å²) in [6.07, 6.45) is 1.13. The van der Waals surface area contributed by atoms with Crippen LogP contribution in [-0.4, -0.2) is 41.7 Å². The zero-order valence-corrected chi connectivity index (χ0v) is 11.5. The van der Waals surface area contributed by atoms with Crippen LogP contribution in [0.2, 0.25) is 0 Å². The Bertz CT molecular complexity index is 754. The van der Waals surface area contributed by atoms with Crippen molar-refractivity contribution in [1.82, 2.24) is 10.3 Å². The SMILES string of the molecule is CC(CS(C)(=O)=O)Nc1ccc([N+](=O)[O-])c2nonc12. The Hall–Kier alpha value is -2.23. The molecule has 20 heavy (non-hydrogen) atoms. The molecule has 0 saturated heterocycles. The Morgan fingerprint density at radius 3 is 2.65 bits per heavy atom. The number of sulfone groups is 1. The van der Waals surface area contributed by atoms with Crippen LogP contribution >= 0.6 is 0 Å². The van der Waals surface area contributed by atoms with E-state index in [1.165, 1.54) is 12.1 Å². The minimum absolute atomic E-state index is 0.0200. The molecule has 1 atom stereocenters. The molecule has 0 radical (unpaired) electrons. The number of anilines is 1. The van der Waals surface area contributed by atoms with Gasteiger partial charge in [-0.2, -0.15) is 0 Å². The van der Waals surface area contributed by atoms with Crippen LogP contribution in [0.25, 0.3) is 11.0 Å². The lowest BCUT2D eigenvalue weighted by Crippen LogP contribution is -2.25. The van der Waals surface area contributed by atoms with Crippen LogP contribution in [0.4, 0.5) is 11.4 Å². The van der Waals surface area contributed by atoms with E-state index in [2.05, 4.69) is 20.3 Å². The largest absolute Gasteiger partial charge is 0.380 e. The third kappa shape index (κ3) is 3.02. The lowest BCUT2D eigenvalue weighted by atomic mass is 10.2. The molecule has 9 nitrogen and oxygen atoms in total. The van der Waals surface area contributed by atoms with Crippen molar-refractivity contribution in [3.05, 3.63) is 22.2 Å². The lowest BCUT2D eigenvalue weighted by Gasteiger charge is -2.13. The van der Waals surface area contributed by atoms with Crippen LogP contribution in [0.3, 0.4) is 0 Å². The summed E-state index contributed by atoms with van der Waals surface area (Å²) in [6.45, 7) is 1.68. The summed E-state index contributed by atoms with van der Waals surface area (Å²) in [7, 11) is -3.14. The van der Waals surface area contributed by atoms with E-state index in [-0.39, 0.29) is 28.5 Å². The van der Waals surface area contributed by atoms with Crippen molar-refractivity contribution in [3.63, 3.8) is 0 Å². The molecule has 108 valence electrons. The highest BCUT2D eigenvalue weighted by molar-refractivity contribution is 7.90. The summed E-state index contributed by atoms with van der Waals surface area (Å²) >= 11 is 0. The zero-order chi connectivity index (χ0) is 14.9. The molecule has 1 aromatic heterocycles. The number of hydrogen-bond acceptors (Lipinski definition) is 8. The van der Waals surface area contributed by atoms with Gasteiger partial charge < -0.3 is 5.32 Å². The molecule has 10 heteroatoms. The number of nitrogens with zero attached hydrogens (tertiary/aromatic N) is 3. The van der Waals surface area contributed by atoms with Gasteiger partial charge in [0.05, 0.1) is 16.4 Å². The topological polar surface area (TPSA) is 128 Å². The Balaban J connectivity index is 2.35. The highest BCUT2D eigenvalue weighted by Crippen LogP contribution is 2.29. The van der Waals surface area contributed by atoms with Gasteiger partial charge in [-0.15, -0.1) is 0 Å². The van der Waals surface area contributed by atoms with Crippen LogP contribution in [-0.2, 0) is 9.84 Å². The molecule has 0 fully saturated rings. The minimum Gasteiger partial charge on any atom is -0.380 e. The number of nitro groups is 1. The average molecular weight is 300 g/mol. The Labute approximate surface area is 114 Å².